The van der Waals surface area contributed by atoms with Crippen LogP contribution in [0, 0.1) is 0 Å². The molecule has 3 heterocycles. The molecule has 0 fully saturated rings. The number of fused-ring (bicyclic) bond motifs is 1. The Morgan fingerprint density at radius 1 is 1.26 bits per heavy atom. The lowest BCUT2D eigenvalue weighted by Gasteiger charge is -2.23. The van der Waals surface area contributed by atoms with E-state index in [1.807, 2.05) is 36.6 Å². The number of nitrogens with zero attached hydrogens (tertiary/aromatic N) is 6. The van der Waals surface area contributed by atoms with Gasteiger partial charge in [-0.2, -0.15) is 0 Å². The van der Waals surface area contributed by atoms with Crippen molar-refractivity contribution in [2.75, 3.05) is 24.7 Å². The van der Waals surface area contributed by atoms with Gasteiger partial charge in [-0.05, 0) is 71.1 Å². The predicted octanol–water partition coefficient (Wildman–Crippen LogP) is 5.46. The van der Waals surface area contributed by atoms with E-state index >= 15 is 0 Å². The van der Waals surface area contributed by atoms with Crippen LogP contribution < -0.4 is 4.90 Å². The normalized spacial score (nSPS) is 15.6. The zero-order valence-electron chi connectivity index (χ0n) is 22.5. The van der Waals surface area contributed by atoms with Gasteiger partial charge in [0.05, 0.1) is 11.3 Å². The van der Waals surface area contributed by atoms with E-state index in [2.05, 4.69) is 27.1 Å². The quantitative estimate of drug-likeness (QED) is 0.310. The lowest BCUT2D eigenvalue weighted by atomic mass is 10.1. The number of aromatic nitrogens is 4. The summed E-state index contributed by atoms with van der Waals surface area (Å²) in [7, 11) is 1.61. The third-order valence-electron chi connectivity index (χ3n) is 5.74. The van der Waals surface area contributed by atoms with Gasteiger partial charge < -0.3 is 19.0 Å². The van der Waals surface area contributed by atoms with Crippen molar-refractivity contribution < 1.29 is 18.7 Å². The van der Waals surface area contributed by atoms with Gasteiger partial charge >= 0.3 is 6.09 Å². The first-order valence-corrected chi connectivity index (χ1v) is 13.5. The molecule has 1 aliphatic rings. The number of amides is 2. The summed E-state index contributed by atoms with van der Waals surface area (Å²) in [5.74, 6) is 0.401. The number of benzene rings is 1. The molecule has 1 aromatic carbocycles. The summed E-state index contributed by atoms with van der Waals surface area (Å²) in [6.45, 7) is 8.11. The number of carbonyl (C=O) groups is 2. The van der Waals surface area contributed by atoms with E-state index in [1.54, 1.807) is 38.9 Å². The maximum atomic E-state index is 13.7. The Hall–Kier alpha value is -3.73. The lowest BCUT2D eigenvalue weighted by molar-refractivity contribution is 0.0271. The van der Waals surface area contributed by atoms with Crippen LogP contribution in [-0.2, 0) is 11.3 Å². The standard InChI is InChI=1S/C27H32N6O4S/c1-17-9-8-12-33(24(34)20-15-28-25(38-6)29-21(20)13-17)19-11-7-10-18(14-19)23-31-30-22(36-23)16-32(5)26(35)37-27(2,3)4/h7,10-11,13-15H,8-9,12,16H2,1-6H3/b17-13+. The van der Waals surface area contributed by atoms with Crippen molar-refractivity contribution in [2.24, 2.45) is 0 Å². The maximum absolute atomic E-state index is 13.7. The summed E-state index contributed by atoms with van der Waals surface area (Å²) >= 11 is 1.44. The smallest absolute Gasteiger partial charge is 0.410 e. The molecule has 0 atom stereocenters. The fourth-order valence-electron chi connectivity index (χ4n) is 3.91. The number of allylic oxidation sites excluding steroid dienone is 1. The van der Waals surface area contributed by atoms with Crippen LogP contribution in [0.1, 0.15) is 62.5 Å². The third-order valence-corrected chi connectivity index (χ3v) is 6.30. The van der Waals surface area contributed by atoms with Crippen LogP contribution in [0.5, 0.6) is 0 Å². The van der Waals surface area contributed by atoms with Gasteiger partial charge in [0.2, 0.25) is 11.8 Å². The number of ether oxygens (including phenoxy) is 1. The van der Waals surface area contributed by atoms with Gasteiger partial charge in [0, 0.05) is 31.0 Å². The fourth-order valence-corrected chi connectivity index (χ4v) is 4.26. The van der Waals surface area contributed by atoms with Crippen LogP contribution in [0.25, 0.3) is 17.5 Å². The second-order valence-electron chi connectivity index (χ2n) is 10.1. The minimum atomic E-state index is -0.604. The van der Waals surface area contributed by atoms with E-state index in [9.17, 15) is 9.59 Å². The van der Waals surface area contributed by atoms with Crippen molar-refractivity contribution in [3.05, 3.63) is 53.2 Å². The average Bonchev–Trinajstić information content (AvgIpc) is 3.35. The highest BCUT2D eigenvalue weighted by molar-refractivity contribution is 7.98. The number of hydrogen-bond donors (Lipinski definition) is 0. The average molecular weight is 537 g/mol. The second kappa shape index (κ2) is 11.3. The molecule has 200 valence electrons. The van der Waals surface area contributed by atoms with E-state index in [1.165, 1.54) is 16.7 Å². The molecule has 11 heteroatoms. The van der Waals surface area contributed by atoms with Gasteiger partial charge in [0.25, 0.3) is 5.91 Å². The first kappa shape index (κ1) is 27.3. The summed E-state index contributed by atoms with van der Waals surface area (Å²) in [6, 6.07) is 7.41. The van der Waals surface area contributed by atoms with Gasteiger partial charge in [0.15, 0.2) is 5.16 Å². The monoisotopic (exact) mass is 536 g/mol. The summed E-state index contributed by atoms with van der Waals surface area (Å²) < 4.78 is 11.2. The van der Waals surface area contributed by atoms with E-state index in [4.69, 9.17) is 9.15 Å². The summed E-state index contributed by atoms with van der Waals surface area (Å²) in [4.78, 5) is 38.0. The van der Waals surface area contributed by atoms with Gasteiger partial charge in [-0.15, -0.1) is 10.2 Å². The van der Waals surface area contributed by atoms with Crippen molar-refractivity contribution >= 4 is 35.5 Å². The largest absolute Gasteiger partial charge is 0.444 e. The highest BCUT2D eigenvalue weighted by atomic mass is 32.2. The number of anilines is 1. The van der Waals surface area contributed by atoms with Crippen LogP contribution in [0.4, 0.5) is 10.5 Å². The van der Waals surface area contributed by atoms with Crippen molar-refractivity contribution in [2.45, 2.75) is 57.8 Å². The van der Waals surface area contributed by atoms with Crippen LogP contribution in [-0.4, -0.2) is 62.5 Å². The SMILES string of the molecule is CSc1ncc2c(n1)/C=C(\C)CCCN(c1cccc(-c3nnc(CN(C)C(=O)OC(C)(C)C)o3)c1)C2=O. The van der Waals surface area contributed by atoms with Crippen molar-refractivity contribution in [1.82, 2.24) is 25.1 Å². The van der Waals surface area contributed by atoms with Gasteiger partial charge in [-0.25, -0.2) is 14.8 Å². The molecule has 0 bridgehead atoms. The van der Waals surface area contributed by atoms with Crippen LogP contribution in [0.3, 0.4) is 0 Å². The summed E-state index contributed by atoms with van der Waals surface area (Å²) in [5, 5.41) is 8.88. The molecule has 0 spiro atoms. The van der Waals surface area contributed by atoms with Crippen LogP contribution in [0.2, 0.25) is 0 Å². The van der Waals surface area contributed by atoms with Crippen LogP contribution in [0.15, 0.2) is 45.6 Å². The molecule has 0 N–H and O–H groups in total. The van der Waals surface area contributed by atoms with E-state index in [-0.39, 0.29) is 18.3 Å². The zero-order chi connectivity index (χ0) is 27.4. The summed E-state index contributed by atoms with van der Waals surface area (Å²) in [6.07, 6.45) is 6.66. The van der Waals surface area contributed by atoms with Crippen molar-refractivity contribution in [3.63, 3.8) is 0 Å². The third kappa shape index (κ3) is 6.58. The molecule has 0 saturated carbocycles. The Morgan fingerprint density at radius 2 is 2.05 bits per heavy atom. The number of rotatable bonds is 5. The topological polar surface area (TPSA) is 115 Å². The molecule has 0 saturated heterocycles. The van der Waals surface area contributed by atoms with E-state index < -0.39 is 11.7 Å². The minimum Gasteiger partial charge on any atom is -0.444 e. The second-order valence-corrected chi connectivity index (χ2v) is 10.9. The molecule has 0 aliphatic carbocycles. The molecule has 10 nitrogen and oxygen atoms in total. The molecule has 2 amide bonds. The molecule has 0 unspecified atom stereocenters. The highest BCUT2D eigenvalue weighted by Crippen LogP contribution is 2.28. The fraction of sp³-hybridized carbons (Fsp3) is 0.407. The van der Waals surface area contributed by atoms with Gasteiger partial charge in [0.1, 0.15) is 12.1 Å². The molecule has 2 aromatic heterocycles. The van der Waals surface area contributed by atoms with E-state index in [0.29, 0.717) is 40.1 Å². The Bertz CT molecular complexity index is 1360. The lowest BCUT2D eigenvalue weighted by Crippen LogP contribution is -2.33. The molecule has 1 aliphatic heterocycles. The van der Waals surface area contributed by atoms with Gasteiger partial charge in [-0.1, -0.05) is 23.4 Å². The van der Waals surface area contributed by atoms with Gasteiger partial charge in [-0.3, -0.25) is 4.79 Å². The molecule has 0 radical (unpaired) electrons. The Kier molecular flexibility index (Phi) is 8.15. The first-order valence-electron chi connectivity index (χ1n) is 12.3. The Balaban J connectivity index is 1.58. The predicted molar refractivity (Wildman–Crippen MR) is 146 cm³/mol. The number of thioether (sulfide) groups is 1. The van der Waals surface area contributed by atoms with Crippen molar-refractivity contribution in [1.29, 1.82) is 0 Å². The highest BCUT2D eigenvalue weighted by Gasteiger charge is 2.25. The van der Waals surface area contributed by atoms with E-state index in [0.717, 1.165) is 18.4 Å². The Morgan fingerprint density at radius 3 is 2.79 bits per heavy atom. The zero-order valence-corrected chi connectivity index (χ0v) is 23.3. The number of hydrogen-bond acceptors (Lipinski definition) is 9. The summed E-state index contributed by atoms with van der Waals surface area (Å²) in [5.41, 5.74) is 3.02. The molecule has 38 heavy (non-hydrogen) atoms. The maximum Gasteiger partial charge on any atom is 0.410 e. The molecule has 4 rings (SSSR count). The first-order chi connectivity index (χ1) is 18.0. The van der Waals surface area contributed by atoms with Crippen LogP contribution >= 0.6 is 11.8 Å². The minimum absolute atomic E-state index is 0.105. The number of carbonyl (C=O) groups excluding carboxylic acids is 2. The Labute approximate surface area is 226 Å². The van der Waals surface area contributed by atoms with Crippen molar-refractivity contribution in [3.8, 4) is 11.5 Å². The molecular weight excluding hydrogens is 504 g/mol. The molecule has 3 aromatic rings. The molecular formula is C27H32N6O4S.